The number of ether oxygens (including phenoxy) is 1. The number of rotatable bonds is 6. The number of benzene rings is 2. The van der Waals surface area contributed by atoms with E-state index in [1.807, 2.05) is 91.0 Å². The van der Waals surface area contributed by atoms with Gasteiger partial charge in [0.15, 0.2) is 5.11 Å². The summed E-state index contributed by atoms with van der Waals surface area (Å²) in [7, 11) is 1.57. The van der Waals surface area contributed by atoms with Gasteiger partial charge >= 0.3 is 0 Å². The number of hydrogen-bond donors (Lipinski definition) is 2. The summed E-state index contributed by atoms with van der Waals surface area (Å²) in [5.74, 6) is 0.0735. The molecular weight excluding hydrogens is 513 g/mol. The lowest BCUT2D eigenvalue weighted by atomic mass is 9.95. The summed E-state index contributed by atoms with van der Waals surface area (Å²) >= 11 is 5.87. The lowest BCUT2D eigenvalue weighted by Crippen LogP contribution is -2.30. The summed E-state index contributed by atoms with van der Waals surface area (Å²) in [5.41, 5.74) is 3.19. The number of carbonyl (C=O) groups is 1. The van der Waals surface area contributed by atoms with E-state index < -0.39 is 5.41 Å². The molecule has 1 amide bonds. The summed E-state index contributed by atoms with van der Waals surface area (Å²) in [5, 5.41) is 6.92. The van der Waals surface area contributed by atoms with E-state index >= 15 is 0 Å². The first-order chi connectivity index (χ1) is 18.7. The molecule has 0 radical (unpaired) electrons. The molecular formula is C30H30FN5O2S. The third-order valence-corrected chi connectivity index (χ3v) is 6.98. The Morgan fingerprint density at radius 2 is 1.87 bits per heavy atom. The smallest absolute Gasteiger partial charge is 0.229 e. The summed E-state index contributed by atoms with van der Waals surface area (Å²) in [6, 6.07) is 21.1. The third-order valence-electron chi connectivity index (χ3n) is 6.66. The summed E-state index contributed by atoms with van der Waals surface area (Å²) in [4.78, 5) is 19.3. The van der Waals surface area contributed by atoms with E-state index in [2.05, 4.69) is 15.6 Å². The van der Waals surface area contributed by atoms with Crippen molar-refractivity contribution in [1.29, 1.82) is 0 Å². The molecule has 2 N–H and O–H groups in total. The lowest BCUT2D eigenvalue weighted by Gasteiger charge is -2.29. The molecule has 39 heavy (non-hydrogen) atoms. The fourth-order valence-corrected chi connectivity index (χ4v) is 5.02. The van der Waals surface area contributed by atoms with Gasteiger partial charge in [-0.1, -0.05) is 32.9 Å². The van der Waals surface area contributed by atoms with Gasteiger partial charge < -0.3 is 24.8 Å². The number of anilines is 2. The number of nitrogens with zero attached hydrogens (tertiary/aromatic N) is 3. The van der Waals surface area contributed by atoms with Gasteiger partial charge in [-0.05, 0) is 66.8 Å². The van der Waals surface area contributed by atoms with E-state index in [1.54, 1.807) is 19.4 Å². The molecule has 200 valence electrons. The monoisotopic (exact) mass is 543 g/mol. The van der Waals surface area contributed by atoms with Crippen LogP contribution < -0.4 is 20.3 Å². The maximum atomic E-state index is 14.2. The van der Waals surface area contributed by atoms with Crippen molar-refractivity contribution in [3.8, 4) is 11.4 Å². The highest BCUT2D eigenvalue weighted by Gasteiger charge is 2.42. The topological polar surface area (TPSA) is 71.4 Å². The molecule has 1 fully saturated rings. The van der Waals surface area contributed by atoms with E-state index in [-0.39, 0.29) is 23.8 Å². The van der Waals surface area contributed by atoms with E-state index in [9.17, 15) is 9.18 Å². The molecule has 0 aliphatic carbocycles. The van der Waals surface area contributed by atoms with Crippen LogP contribution in [0.25, 0.3) is 5.69 Å². The lowest BCUT2D eigenvalue weighted by molar-refractivity contribution is -0.123. The number of nitrogens with one attached hydrogen (secondary N) is 2. The van der Waals surface area contributed by atoms with E-state index in [1.165, 1.54) is 12.1 Å². The molecule has 0 spiro atoms. The Kier molecular flexibility index (Phi) is 7.10. The Morgan fingerprint density at radius 3 is 2.56 bits per heavy atom. The first-order valence-electron chi connectivity index (χ1n) is 12.6. The molecule has 2 atom stereocenters. The van der Waals surface area contributed by atoms with Crippen LogP contribution in [0.3, 0.4) is 0 Å². The second-order valence-corrected chi connectivity index (χ2v) is 10.8. The van der Waals surface area contributed by atoms with Crippen molar-refractivity contribution in [2.75, 3.05) is 17.3 Å². The number of carbonyl (C=O) groups excluding carboxylic acids is 1. The number of aromatic nitrogens is 2. The highest BCUT2D eigenvalue weighted by atomic mass is 32.1. The Bertz CT molecular complexity index is 1520. The minimum Gasteiger partial charge on any atom is -0.494 e. The van der Waals surface area contributed by atoms with Crippen LogP contribution in [0.1, 0.15) is 44.2 Å². The summed E-state index contributed by atoms with van der Waals surface area (Å²) in [6.45, 7) is 5.56. The van der Waals surface area contributed by atoms with Crippen LogP contribution in [0.15, 0.2) is 85.2 Å². The molecule has 2 aromatic carbocycles. The third kappa shape index (κ3) is 5.22. The Hall–Kier alpha value is -4.24. The summed E-state index contributed by atoms with van der Waals surface area (Å²) in [6.07, 6.45) is 3.66. The van der Waals surface area contributed by atoms with Crippen molar-refractivity contribution < 1.29 is 13.9 Å². The van der Waals surface area contributed by atoms with Crippen molar-refractivity contribution in [3.63, 3.8) is 0 Å². The quantitative estimate of drug-likeness (QED) is 0.283. The van der Waals surface area contributed by atoms with Gasteiger partial charge in [0.1, 0.15) is 17.6 Å². The molecule has 1 aliphatic rings. The van der Waals surface area contributed by atoms with Gasteiger partial charge in [-0.2, -0.15) is 0 Å². The number of thiocarbonyl (C=S) groups is 1. The first kappa shape index (κ1) is 26.4. The molecule has 0 unspecified atom stereocenters. The van der Waals surface area contributed by atoms with Gasteiger partial charge in [0, 0.05) is 40.9 Å². The molecule has 9 heteroatoms. The van der Waals surface area contributed by atoms with Crippen LogP contribution in [-0.4, -0.2) is 27.7 Å². The molecule has 1 aliphatic heterocycles. The van der Waals surface area contributed by atoms with Crippen LogP contribution in [0.2, 0.25) is 0 Å². The van der Waals surface area contributed by atoms with Crippen LogP contribution in [0, 0.1) is 11.2 Å². The van der Waals surface area contributed by atoms with Crippen LogP contribution in [0.4, 0.5) is 15.8 Å². The molecule has 5 rings (SSSR count). The Balaban J connectivity index is 1.61. The normalized spacial score (nSPS) is 17.2. The average molecular weight is 544 g/mol. The van der Waals surface area contributed by atoms with Crippen molar-refractivity contribution in [1.82, 2.24) is 14.9 Å². The number of amides is 1. The zero-order valence-corrected chi connectivity index (χ0v) is 23.0. The van der Waals surface area contributed by atoms with E-state index in [4.69, 9.17) is 17.0 Å². The van der Waals surface area contributed by atoms with Crippen molar-refractivity contribution >= 4 is 34.6 Å². The number of hydrogen-bond acceptors (Lipinski definition) is 4. The predicted octanol–water partition coefficient (Wildman–Crippen LogP) is 6.18. The minimum atomic E-state index is -0.562. The van der Waals surface area contributed by atoms with Crippen molar-refractivity contribution in [2.45, 2.75) is 32.9 Å². The molecule has 7 nitrogen and oxygen atoms in total. The standard InChI is InChI=1S/C30H30FN5O2S/c1-30(2,3)28(37)33-22-14-13-21(18-25(22)38-4)36-27(26(34-29(36)39)23-11-5-6-15-32-23)24-12-8-16-35(24)20-10-7-9-19(31)17-20/h5-18,26-27H,1-4H3,(H,33,37)(H,34,39)/t26-,27-/m1/s1. The highest BCUT2D eigenvalue weighted by molar-refractivity contribution is 7.80. The SMILES string of the molecule is COc1cc(N2C(=S)N[C@H](c3ccccn3)[C@H]2c2cccn2-c2cccc(F)c2)ccc1NC(=O)C(C)(C)C. The van der Waals surface area contributed by atoms with Gasteiger partial charge in [0.25, 0.3) is 0 Å². The van der Waals surface area contributed by atoms with Gasteiger partial charge in [-0.3, -0.25) is 9.78 Å². The molecule has 0 saturated carbocycles. The number of pyridine rings is 1. The second kappa shape index (κ2) is 10.5. The average Bonchev–Trinajstić information content (AvgIpc) is 3.53. The van der Waals surface area contributed by atoms with Crippen LogP contribution in [-0.2, 0) is 4.79 Å². The maximum absolute atomic E-state index is 14.2. The van der Waals surface area contributed by atoms with E-state index in [0.717, 1.165) is 17.1 Å². The van der Waals surface area contributed by atoms with Gasteiger partial charge in [0.2, 0.25) is 5.91 Å². The van der Waals surface area contributed by atoms with Gasteiger partial charge in [0.05, 0.1) is 24.5 Å². The molecule has 4 aromatic rings. The van der Waals surface area contributed by atoms with Crippen LogP contribution >= 0.6 is 12.2 Å². The Morgan fingerprint density at radius 1 is 1.05 bits per heavy atom. The van der Waals surface area contributed by atoms with Gasteiger partial charge in [-0.15, -0.1) is 0 Å². The van der Waals surface area contributed by atoms with Crippen LogP contribution in [0.5, 0.6) is 5.75 Å². The minimum absolute atomic E-state index is 0.118. The number of methoxy groups -OCH3 is 1. The zero-order valence-electron chi connectivity index (χ0n) is 22.2. The predicted molar refractivity (Wildman–Crippen MR) is 155 cm³/mol. The maximum Gasteiger partial charge on any atom is 0.229 e. The second-order valence-electron chi connectivity index (χ2n) is 10.4. The van der Waals surface area contributed by atoms with Crippen molar-refractivity contribution in [3.05, 3.63) is 102 Å². The first-order valence-corrected chi connectivity index (χ1v) is 13.0. The summed E-state index contributed by atoms with van der Waals surface area (Å²) < 4.78 is 21.8. The molecule has 3 heterocycles. The highest BCUT2D eigenvalue weighted by Crippen LogP contribution is 2.44. The Labute approximate surface area is 232 Å². The molecule has 1 saturated heterocycles. The van der Waals surface area contributed by atoms with Crippen molar-refractivity contribution in [2.24, 2.45) is 5.41 Å². The van der Waals surface area contributed by atoms with E-state index in [0.29, 0.717) is 22.2 Å². The zero-order chi connectivity index (χ0) is 27.7. The van der Waals surface area contributed by atoms with Gasteiger partial charge in [-0.25, -0.2) is 4.39 Å². The largest absolute Gasteiger partial charge is 0.494 e. The fourth-order valence-electron chi connectivity index (χ4n) is 4.67. The number of halogens is 1. The fraction of sp³-hybridized carbons (Fsp3) is 0.233. The molecule has 0 bridgehead atoms. The molecule has 2 aromatic heterocycles.